The first-order chi connectivity index (χ1) is 6.52. The van der Waals surface area contributed by atoms with Crippen LogP contribution in [0.15, 0.2) is 11.0 Å². The maximum atomic E-state index is 11.3. The van der Waals surface area contributed by atoms with E-state index in [1.165, 1.54) is 13.1 Å². The Labute approximate surface area is 84.8 Å². The van der Waals surface area contributed by atoms with E-state index in [9.17, 15) is 14.4 Å². The maximum Gasteiger partial charge on any atom is 0.304 e. The molecule has 2 amide bonds. The number of nitrogens with zero attached hydrogens (tertiary/aromatic N) is 1. The molecule has 1 heterocycles. The number of rotatable bonds is 4. The summed E-state index contributed by atoms with van der Waals surface area (Å²) in [5.41, 5.74) is 0. The molecule has 14 heavy (non-hydrogen) atoms. The van der Waals surface area contributed by atoms with Crippen molar-refractivity contribution in [1.82, 2.24) is 4.90 Å². The van der Waals surface area contributed by atoms with Gasteiger partial charge >= 0.3 is 5.97 Å². The van der Waals surface area contributed by atoms with E-state index in [1.54, 1.807) is 0 Å². The Morgan fingerprint density at radius 1 is 1.57 bits per heavy atom. The molecule has 0 fully saturated rings. The number of likely N-dealkylation sites (N-methyl/N-ethyl adjacent to an activating group) is 1. The topological polar surface area (TPSA) is 74.7 Å². The van der Waals surface area contributed by atoms with Crippen LogP contribution in [0.4, 0.5) is 0 Å². The van der Waals surface area contributed by atoms with Crippen LogP contribution >= 0.6 is 11.8 Å². The van der Waals surface area contributed by atoms with Crippen LogP contribution in [0.3, 0.4) is 0 Å². The first-order valence-corrected chi connectivity index (χ1v) is 4.89. The van der Waals surface area contributed by atoms with Gasteiger partial charge in [0.25, 0.3) is 11.8 Å². The summed E-state index contributed by atoms with van der Waals surface area (Å²) in [5.74, 6) is -1.32. The van der Waals surface area contributed by atoms with Gasteiger partial charge in [-0.1, -0.05) is 0 Å². The summed E-state index contributed by atoms with van der Waals surface area (Å²) < 4.78 is 0. The lowest BCUT2D eigenvalue weighted by Gasteiger charge is -2.05. The standard InChI is InChI=1S/C8H9NO4S/c1-9-6(10)4-5(8(9)13)14-3-2-7(11)12/h4H,2-3H2,1H3,(H,11,12). The normalized spacial score (nSPS) is 16.1. The number of carbonyl (C=O) groups excluding carboxylic acids is 2. The highest BCUT2D eigenvalue weighted by atomic mass is 32.2. The third kappa shape index (κ3) is 2.35. The maximum absolute atomic E-state index is 11.3. The number of amides is 2. The zero-order valence-corrected chi connectivity index (χ0v) is 8.34. The Morgan fingerprint density at radius 3 is 2.64 bits per heavy atom. The molecular formula is C8H9NO4S. The van der Waals surface area contributed by atoms with Crippen molar-refractivity contribution in [3.05, 3.63) is 11.0 Å². The average molecular weight is 215 g/mol. The third-order valence-corrected chi connectivity index (χ3v) is 2.69. The minimum absolute atomic E-state index is 0.0206. The molecule has 1 rings (SSSR count). The lowest BCUT2D eigenvalue weighted by atomic mass is 10.5. The zero-order chi connectivity index (χ0) is 10.7. The molecule has 5 nitrogen and oxygen atoms in total. The summed E-state index contributed by atoms with van der Waals surface area (Å²) in [6.45, 7) is 0. The van der Waals surface area contributed by atoms with Gasteiger partial charge in [0.15, 0.2) is 0 Å². The van der Waals surface area contributed by atoms with Crippen LogP contribution in [-0.2, 0) is 14.4 Å². The van der Waals surface area contributed by atoms with Gasteiger partial charge in [0.05, 0.1) is 11.3 Å². The molecule has 0 saturated carbocycles. The van der Waals surface area contributed by atoms with Crippen molar-refractivity contribution in [2.24, 2.45) is 0 Å². The Morgan fingerprint density at radius 2 is 2.21 bits per heavy atom. The molecular weight excluding hydrogens is 206 g/mol. The van der Waals surface area contributed by atoms with Gasteiger partial charge in [-0.3, -0.25) is 19.3 Å². The predicted octanol–water partition coefficient (Wildman–Crippen LogP) is 0.0768. The minimum atomic E-state index is -0.914. The first kappa shape index (κ1) is 10.8. The van der Waals surface area contributed by atoms with E-state index in [0.717, 1.165) is 16.7 Å². The van der Waals surface area contributed by atoms with Gasteiger partial charge in [-0.15, -0.1) is 11.8 Å². The fourth-order valence-corrected chi connectivity index (χ4v) is 1.83. The van der Waals surface area contributed by atoms with Crippen LogP contribution in [0.25, 0.3) is 0 Å². The van der Waals surface area contributed by atoms with Gasteiger partial charge in [0, 0.05) is 18.9 Å². The Bertz CT molecular complexity index is 323. The number of thioether (sulfide) groups is 1. The molecule has 0 atom stereocenters. The summed E-state index contributed by atoms with van der Waals surface area (Å²) in [4.78, 5) is 33.8. The number of carboxylic acids is 1. The summed E-state index contributed by atoms with van der Waals surface area (Å²) in [7, 11) is 1.39. The highest BCUT2D eigenvalue weighted by molar-refractivity contribution is 8.04. The van der Waals surface area contributed by atoms with E-state index < -0.39 is 5.97 Å². The number of hydrogen-bond acceptors (Lipinski definition) is 4. The quantitative estimate of drug-likeness (QED) is 0.672. The van der Waals surface area contributed by atoms with Crippen LogP contribution in [0.1, 0.15) is 6.42 Å². The molecule has 1 aliphatic heterocycles. The van der Waals surface area contributed by atoms with Crippen LogP contribution in [0.2, 0.25) is 0 Å². The van der Waals surface area contributed by atoms with Gasteiger partial charge in [-0.2, -0.15) is 0 Å². The van der Waals surface area contributed by atoms with Crippen molar-refractivity contribution >= 4 is 29.5 Å². The van der Waals surface area contributed by atoms with Crippen molar-refractivity contribution in [2.75, 3.05) is 12.8 Å². The number of hydrogen-bond donors (Lipinski definition) is 1. The molecule has 0 saturated heterocycles. The zero-order valence-electron chi connectivity index (χ0n) is 7.52. The molecule has 0 spiro atoms. The first-order valence-electron chi connectivity index (χ1n) is 3.90. The highest BCUT2D eigenvalue weighted by Gasteiger charge is 2.27. The molecule has 0 aromatic heterocycles. The molecule has 0 unspecified atom stereocenters. The van der Waals surface area contributed by atoms with Crippen LogP contribution in [0, 0.1) is 0 Å². The molecule has 0 bridgehead atoms. The van der Waals surface area contributed by atoms with E-state index in [4.69, 9.17) is 5.11 Å². The number of imide groups is 1. The van der Waals surface area contributed by atoms with Gasteiger partial charge < -0.3 is 5.11 Å². The second-order valence-electron chi connectivity index (χ2n) is 2.70. The molecule has 1 aliphatic rings. The Kier molecular flexibility index (Phi) is 3.29. The summed E-state index contributed by atoms with van der Waals surface area (Å²) in [6, 6.07) is 0. The summed E-state index contributed by atoms with van der Waals surface area (Å²) in [6.07, 6.45) is 1.21. The van der Waals surface area contributed by atoms with E-state index in [0.29, 0.717) is 10.7 Å². The largest absolute Gasteiger partial charge is 0.481 e. The third-order valence-electron chi connectivity index (χ3n) is 1.67. The molecule has 1 N–H and O–H groups in total. The summed E-state index contributed by atoms with van der Waals surface area (Å²) in [5, 5.41) is 8.36. The van der Waals surface area contributed by atoms with Gasteiger partial charge in [-0.25, -0.2) is 0 Å². The second-order valence-corrected chi connectivity index (χ2v) is 3.84. The van der Waals surface area contributed by atoms with E-state index in [-0.39, 0.29) is 18.2 Å². The van der Waals surface area contributed by atoms with Crippen molar-refractivity contribution < 1.29 is 19.5 Å². The molecule has 76 valence electrons. The van der Waals surface area contributed by atoms with Crippen LogP contribution < -0.4 is 0 Å². The summed E-state index contributed by atoms with van der Waals surface area (Å²) >= 11 is 1.10. The van der Waals surface area contributed by atoms with Crippen LogP contribution in [0.5, 0.6) is 0 Å². The molecule has 0 aromatic carbocycles. The van der Waals surface area contributed by atoms with Crippen LogP contribution in [-0.4, -0.2) is 40.6 Å². The van der Waals surface area contributed by atoms with Gasteiger partial charge in [0.2, 0.25) is 0 Å². The van der Waals surface area contributed by atoms with Crippen molar-refractivity contribution in [2.45, 2.75) is 6.42 Å². The molecule has 0 aromatic rings. The Hall–Kier alpha value is -1.30. The van der Waals surface area contributed by atoms with E-state index in [1.807, 2.05) is 0 Å². The number of aliphatic carboxylic acids is 1. The number of carboxylic acid groups (broad SMARTS) is 1. The fraction of sp³-hybridized carbons (Fsp3) is 0.375. The number of carbonyl (C=O) groups is 3. The monoisotopic (exact) mass is 215 g/mol. The average Bonchev–Trinajstić information content (AvgIpc) is 2.33. The van der Waals surface area contributed by atoms with Crippen molar-refractivity contribution in [3.63, 3.8) is 0 Å². The molecule has 0 radical (unpaired) electrons. The smallest absolute Gasteiger partial charge is 0.304 e. The van der Waals surface area contributed by atoms with E-state index in [2.05, 4.69) is 0 Å². The minimum Gasteiger partial charge on any atom is -0.481 e. The second kappa shape index (κ2) is 4.28. The highest BCUT2D eigenvalue weighted by Crippen LogP contribution is 2.23. The SMILES string of the molecule is CN1C(=O)C=C(SCCC(=O)O)C1=O. The Balaban J connectivity index is 2.47. The lowest BCUT2D eigenvalue weighted by molar-refractivity contribution is -0.137. The van der Waals surface area contributed by atoms with Crippen molar-refractivity contribution in [3.8, 4) is 0 Å². The fourth-order valence-electron chi connectivity index (χ4n) is 0.888. The van der Waals surface area contributed by atoms with E-state index >= 15 is 0 Å². The molecule has 0 aliphatic carbocycles. The van der Waals surface area contributed by atoms with Gasteiger partial charge in [-0.05, 0) is 0 Å². The van der Waals surface area contributed by atoms with Crippen molar-refractivity contribution in [1.29, 1.82) is 0 Å². The molecule has 6 heteroatoms. The van der Waals surface area contributed by atoms with Gasteiger partial charge in [0.1, 0.15) is 0 Å². The lowest BCUT2D eigenvalue weighted by Crippen LogP contribution is -2.25. The predicted molar refractivity (Wildman–Crippen MR) is 50.6 cm³/mol.